The maximum absolute atomic E-state index is 13.8. The van der Waals surface area contributed by atoms with Gasteiger partial charge in [-0.25, -0.2) is 18.0 Å². The summed E-state index contributed by atoms with van der Waals surface area (Å²) in [5.74, 6) is -5.36. The Balaban J connectivity index is 2.67. The number of hydrogen-bond acceptors (Lipinski definition) is 1. The maximum Gasteiger partial charge on any atom is 0.338 e. The summed E-state index contributed by atoms with van der Waals surface area (Å²) in [4.78, 5) is 10.6. The summed E-state index contributed by atoms with van der Waals surface area (Å²) in [6, 6.07) is 5.28. The summed E-state index contributed by atoms with van der Waals surface area (Å²) >= 11 is 5.66. The average Bonchev–Trinajstić information content (AvgIpc) is 2.35. The second kappa shape index (κ2) is 4.93. The molecular weight excluding hydrogens is 281 g/mol. The van der Waals surface area contributed by atoms with Gasteiger partial charge < -0.3 is 5.11 Å². The highest BCUT2D eigenvalue weighted by atomic mass is 35.5. The van der Waals surface area contributed by atoms with Gasteiger partial charge in [-0.1, -0.05) is 17.7 Å². The zero-order valence-electron chi connectivity index (χ0n) is 9.25. The predicted molar refractivity (Wildman–Crippen MR) is 63.7 cm³/mol. The summed E-state index contributed by atoms with van der Waals surface area (Å²) in [6.07, 6.45) is 0. The number of carboxylic acid groups (broad SMARTS) is 1. The van der Waals surface area contributed by atoms with Gasteiger partial charge in [0.1, 0.15) is 5.82 Å². The Morgan fingerprint density at radius 2 is 1.68 bits per heavy atom. The van der Waals surface area contributed by atoms with Crippen molar-refractivity contribution >= 4 is 17.6 Å². The Morgan fingerprint density at radius 3 is 2.32 bits per heavy atom. The molecule has 2 aromatic carbocycles. The van der Waals surface area contributed by atoms with Crippen molar-refractivity contribution in [2.75, 3.05) is 0 Å². The molecule has 6 heteroatoms. The first-order valence-corrected chi connectivity index (χ1v) is 5.46. The minimum atomic E-state index is -1.60. The highest BCUT2D eigenvalue weighted by Gasteiger charge is 2.20. The number of carboxylic acids is 1. The molecule has 0 aliphatic heterocycles. The first-order valence-electron chi connectivity index (χ1n) is 5.08. The van der Waals surface area contributed by atoms with Crippen molar-refractivity contribution in [3.05, 3.63) is 58.4 Å². The van der Waals surface area contributed by atoms with Crippen LogP contribution in [0.3, 0.4) is 0 Å². The molecule has 2 aromatic rings. The van der Waals surface area contributed by atoms with E-state index in [4.69, 9.17) is 16.7 Å². The highest BCUT2D eigenvalue weighted by Crippen LogP contribution is 2.30. The average molecular weight is 287 g/mol. The lowest BCUT2D eigenvalue weighted by molar-refractivity contribution is 0.0690. The van der Waals surface area contributed by atoms with Crippen molar-refractivity contribution in [3.8, 4) is 11.1 Å². The van der Waals surface area contributed by atoms with Crippen LogP contribution >= 0.6 is 11.6 Å². The molecule has 0 aliphatic carbocycles. The van der Waals surface area contributed by atoms with Crippen molar-refractivity contribution in [1.82, 2.24) is 0 Å². The second-order valence-corrected chi connectivity index (χ2v) is 4.15. The van der Waals surface area contributed by atoms with E-state index in [1.807, 2.05) is 0 Å². The Hall–Kier alpha value is -2.01. The van der Waals surface area contributed by atoms with Gasteiger partial charge in [0, 0.05) is 16.1 Å². The summed E-state index contributed by atoms with van der Waals surface area (Å²) in [5, 5.41) is 8.80. The van der Waals surface area contributed by atoms with Gasteiger partial charge in [0.2, 0.25) is 0 Å². The van der Waals surface area contributed by atoms with E-state index in [-0.39, 0.29) is 16.1 Å². The van der Waals surface area contributed by atoms with E-state index in [0.717, 1.165) is 24.3 Å². The molecule has 0 spiro atoms. The SMILES string of the molecule is O=C(O)c1ccc(-c2cc(Cl)ccc2F)c(F)c1F. The van der Waals surface area contributed by atoms with Gasteiger partial charge in [-0.05, 0) is 24.3 Å². The van der Waals surface area contributed by atoms with Crippen LogP contribution in [0.2, 0.25) is 5.02 Å². The summed E-state index contributed by atoms with van der Waals surface area (Å²) in [6.45, 7) is 0. The molecule has 2 rings (SSSR count). The summed E-state index contributed by atoms with van der Waals surface area (Å²) in [7, 11) is 0. The molecule has 1 N–H and O–H groups in total. The molecule has 0 heterocycles. The van der Waals surface area contributed by atoms with Crippen molar-refractivity contribution in [3.63, 3.8) is 0 Å². The molecule has 2 nitrogen and oxygen atoms in total. The molecule has 0 aromatic heterocycles. The number of aromatic carboxylic acids is 1. The van der Waals surface area contributed by atoms with Crippen molar-refractivity contribution in [2.24, 2.45) is 0 Å². The molecule has 0 aliphatic rings. The molecule has 0 unspecified atom stereocenters. The van der Waals surface area contributed by atoms with Gasteiger partial charge in [-0.2, -0.15) is 0 Å². The third-order valence-electron chi connectivity index (χ3n) is 2.53. The van der Waals surface area contributed by atoms with Crippen molar-refractivity contribution < 1.29 is 23.1 Å². The number of carbonyl (C=O) groups is 1. The van der Waals surface area contributed by atoms with Crippen LogP contribution in [0.1, 0.15) is 10.4 Å². The number of benzene rings is 2. The normalized spacial score (nSPS) is 10.5. The molecule has 0 bridgehead atoms. The lowest BCUT2D eigenvalue weighted by Crippen LogP contribution is -2.04. The van der Waals surface area contributed by atoms with Crippen LogP contribution in [0.4, 0.5) is 13.2 Å². The van der Waals surface area contributed by atoms with Crippen LogP contribution in [0.25, 0.3) is 11.1 Å². The third kappa shape index (κ3) is 2.42. The van der Waals surface area contributed by atoms with E-state index in [1.165, 1.54) is 6.07 Å². The first kappa shape index (κ1) is 13.4. The molecule has 98 valence electrons. The van der Waals surface area contributed by atoms with E-state index in [1.54, 1.807) is 0 Å². The predicted octanol–water partition coefficient (Wildman–Crippen LogP) is 4.12. The number of halogens is 4. The van der Waals surface area contributed by atoms with Gasteiger partial charge in [-0.15, -0.1) is 0 Å². The fraction of sp³-hybridized carbons (Fsp3) is 0. The van der Waals surface area contributed by atoms with Crippen LogP contribution in [0, 0.1) is 17.5 Å². The van der Waals surface area contributed by atoms with Crippen LogP contribution in [-0.2, 0) is 0 Å². The minimum absolute atomic E-state index is 0.151. The number of rotatable bonds is 2. The molecule has 0 saturated heterocycles. The van der Waals surface area contributed by atoms with E-state index >= 15 is 0 Å². The summed E-state index contributed by atoms with van der Waals surface area (Å²) in [5.41, 5.74) is -1.44. The zero-order valence-corrected chi connectivity index (χ0v) is 10.0. The van der Waals surface area contributed by atoms with Gasteiger partial charge in [0.05, 0.1) is 5.56 Å². The fourth-order valence-corrected chi connectivity index (χ4v) is 1.80. The largest absolute Gasteiger partial charge is 0.478 e. The Kier molecular flexibility index (Phi) is 3.48. The van der Waals surface area contributed by atoms with Gasteiger partial charge >= 0.3 is 5.97 Å². The second-order valence-electron chi connectivity index (χ2n) is 3.72. The van der Waals surface area contributed by atoms with Gasteiger partial charge in [0.15, 0.2) is 11.6 Å². The quantitative estimate of drug-likeness (QED) is 0.901. The molecule has 19 heavy (non-hydrogen) atoms. The first-order chi connectivity index (χ1) is 8.91. The lowest BCUT2D eigenvalue weighted by Gasteiger charge is -2.08. The third-order valence-corrected chi connectivity index (χ3v) is 2.77. The van der Waals surface area contributed by atoms with E-state index in [2.05, 4.69) is 0 Å². The molecule has 0 atom stereocenters. The Labute approximate surface area is 111 Å². The Morgan fingerprint density at radius 1 is 1.00 bits per heavy atom. The maximum atomic E-state index is 13.8. The van der Waals surface area contributed by atoms with Crippen LogP contribution in [0.15, 0.2) is 30.3 Å². The molecule has 0 fully saturated rings. The molecule has 0 saturated carbocycles. The standard InChI is InChI=1S/C13H6ClF3O2/c14-6-1-4-10(15)9(5-6)7-2-3-8(13(18)19)12(17)11(7)16/h1-5H,(H,18,19). The van der Waals surface area contributed by atoms with Crippen molar-refractivity contribution in [1.29, 1.82) is 0 Å². The topological polar surface area (TPSA) is 37.3 Å². The smallest absolute Gasteiger partial charge is 0.338 e. The fourth-order valence-electron chi connectivity index (χ4n) is 1.63. The van der Waals surface area contributed by atoms with Gasteiger partial charge in [-0.3, -0.25) is 0 Å². The highest BCUT2D eigenvalue weighted by molar-refractivity contribution is 6.30. The van der Waals surface area contributed by atoms with E-state index in [9.17, 15) is 18.0 Å². The molecular formula is C13H6ClF3O2. The van der Waals surface area contributed by atoms with E-state index < -0.39 is 29.0 Å². The monoisotopic (exact) mass is 286 g/mol. The number of hydrogen-bond donors (Lipinski definition) is 1. The van der Waals surface area contributed by atoms with Crippen LogP contribution in [0.5, 0.6) is 0 Å². The molecule has 0 radical (unpaired) electrons. The van der Waals surface area contributed by atoms with Crippen LogP contribution in [-0.4, -0.2) is 11.1 Å². The summed E-state index contributed by atoms with van der Waals surface area (Å²) < 4.78 is 40.9. The van der Waals surface area contributed by atoms with Crippen LogP contribution < -0.4 is 0 Å². The molecule has 0 amide bonds. The zero-order chi connectivity index (χ0) is 14.2. The van der Waals surface area contributed by atoms with E-state index in [0.29, 0.717) is 0 Å². The Bertz CT molecular complexity index is 671. The van der Waals surface area contributed by atoms with Crippen molar-refractivity contribution in [2.45, 2.75) is 0 Å². The lowest BCUT2D eigenvalue weighted by atomic mass is 10.0. The van der Waals surface area contributed by atoms with Gasteiger partial charge in [0.25, 0.3) is 0 Å². The minimum Gasteiger partial charge on any atom is -0.478 e.